The minimum atomic E-state index is -4.47. The van der Waals surface area contributed by atoms with Crippen LogP contribution < -0.4 is 10.1 Å². The molecule has 1 N–H and O–H groups in total. The fraction of sp³-hybridized carbons (Fsp3) is 0.455. The standard InChI is InChI=1S/C22H26F3NO3/c1-14(2)28-19-12-17(11-18(13-19)22(23,24)25)15(3)29-21-20(26-9-10-27-21)16-7-5-4-6-8-16/h4-8,11-15,20-21,26H,9-10H2,1-3H3/t15-,20+,21-/m1/s1. The van der Waals surface area contributed by atoms with Gasteiger partial charge in [-0.05, 0) is 50.1 Å². The Bertz CT molecular complexity index is 796. The quantitative estimate of drug-likeness (QED) is 0.707. The van der Waals surface area contributed by atoms with E-state index < -0.39 is 24.1 Å². The number of halogens is 3. The molecule has 0 aliphatic carbocycles. The molecule has 0 bridgehead atoms. The minimum absolute atomic E-state index is 0.169. The molecule has 3 atom stereocenters. The van der Waals surface area contributed by atoms with Crippen molar-refractivity contribution in [2.45, 2.75) is 51.5 Å². The summed E-state index contributed by atoms with van der Waals surface area (Å²) in [6, 6.07) is 13.2. The lowest BCUT2D eigenvalue weighted by atomic mass is 10.0. The highest BCUT2D eigenvalue weighted by Crippen LogP contribution is 2.36. The van der Waals surface area contributed by atoms with Gasteiger partial charge in [0.1, 0.15) is 5.75 Å². The van der Waals surface area contributed by atoms with E-state index in [1.807, 2.05) is 30.3 Å². The van der Waals surface area contributed by atoms with Crippen molar-refractivity contribution in [3.63, 3.8) is 0 Å². The van der Waals surface area contributed by atoms with Crippen LogP contribution in [0.5, 0.6) is 5.75 Å². The number of benzene rings is 2. The molecular weight excluding hydrogens is 383 g/mol. The maximum absolute atomic E-state index is 13.4. The van der Waals surface area contributed by atoms with Gasteiger partial charge in [-0.2, -0.15) is 13.2 Å². The largest absolute Gasteiger partial charge is 0.491 e. The fourth-order valence-electron chi connectivity index (χ4n) is 3.28. The summed E-state index contributed by atoms with van der Waals surface area (Å²) in [6.07, 6.45) is -5.95. The molecule has 2 aromatic carbocycles. The van der Waals surface area contributed by atoms with Crippen LogP contribution in [0.25, 0.3) is 0 Å². The summed E-state index contributed by atoms with van der Waals surface area (Å²) in [4.78, 5) is 0. The van der Waals surface area contributed by atoms with Crippen molar-refractivity contribution in [1.82, 2.24) is 5.32 Å². The molecule has 1 saturated heterocycles. The Kier molecular flexibility index (Phi) is 6.82. The lowest BCUT2D eigenvalue weighted by Crippen LogP contribution is -2.43. The van der Waals surface area contributed by atoms with Gasteiger partial charge >= 0.3 is 6.18 Å². The summed E-state index contributed by atoms with van der Waals surface area (Å²) in [6.45, 7) is 6.39. The average Bonchev–Trinajstić information content (AvgIpc) is 2.67. The smallest absolute Gasteiger partial charge is 0.416 e. The van der Waals surface area contributed by atoms with Crippen LogP contribution in [0.3, 0.4) is 0 Å². The molecule has 7 heteroatoms. The Morgan fingerprint density at radius 2 is 1.79 bits per heavy atom. The maximum Gasteiger partial charge on any atom is 0.416 e. The third kappa shape index (κ3) is 5.72. The number of alkyl halides is 3. The van der Waals surface area contributed by atoms with Gasteiger partial charge in [0, 0.05) is 6.54 Å². The molecule has 0 spiro atoms. The monoisotopic (exact) mass is 409 g/mol. The minimum Gasteiger partial charge on any atom is -0.491 e. The van der Waals surface area contributed by atoms with Gasteiger partial charge in [-0.15, -0.1) is 0 Å². The van der Waals surface area contributed by atoms with Gasteiger partial charge < -0.3 is 19.5 Å². The van der Waals surface area contributed by atoms with Crippen LogP contribution >= 0.6 is 0 Å². The topological polar surface area (TPSA) is 39.7 Å². The highest BCUT2D eigenvalue weighted by Gasteiger charge is 2.33. The lowest BCUT2D eigenvalue weighted by molar-refractivity contribution is -0.200. The number of ether oxygens (including phenoxy) is 3. The van der Waals surface area contributed by atoms with E-state index in [0.717, 1.165) is 17.7 Å². The Morgan fingerprint density at radius 3 is 2.45 bits per heavy atom. The van der Waals surface area contributed by atoms with Crippen LogP contribution in [0.4, 0.5) is 13.2 Å². The van der Waals surface area contributed by atoms with E-state index in [2.05, 4.69) is 5.32 Å². The Morgan fingerprint density at radius 1 is 1.07 bits per heavy atom. The van der Waals surface area contributed by atoms with E-state index in [-0.39, 0.29) is 17.9 Å². The van der Waals surface area contributed by atoms with Crippen molar-refractivity contribution >= 4 is 0 Å². The number of rotatable bonds is 6. The van der Waals surface area contributed by atoms with E-state index in [4.69, 9.17) is 14.2 Å². The molecule has 0 unspecified atom stereocenters. The first-order chi connectivity index (χ1) is 13.7. The Hall–Kier alpha value is -2.09. The van der Waals surface area contributed by atoms with Crippen molar-refractivity contribution in [3.8, 4) is 5.75 Å². The number of nitrogens with one attached hydrogen (secondary N) is 1. The van der Waals surface area contributed by atoms with Gasteiger partial charge in [0.15, 0.2) is 6.29 Å². The van der Waals surface area contributed by atoms with Gasteiger partial charge in [-0.1, -0.05) is 30.3 Å². The number of morpholine rings is 1. The second-order valence-electron chi connectivity index (χ2n) is 7.32. The van der Waals surface area contributed by atoms with E-state index in [1.165, 1.54) is 0 Å². The molecule has 1 aliphatic heterocycles. The third-order valence-corrected chi connectivity index (χ3v) is 4.61. The summed E-state index contributed by atoms with van der Waals surface area (Å²) in [5.41, 5.74) is 0.622. The maximum atomic E-state index is 13.4. The molecule has 29 heavy (non-hydrogen) atoms. The Balaban J connectivity index is 1.84. The summed E-state index contributed by atoms with van der Waals surface area (Å²) >= 11 is 0. The first-order valence-corrected chi connectivity index (χ1v) is 9.68. The van der Waals surface area contributed by atoms with Crippen LogP contribution in [0, 0.1) is 0 Å². The molecule has 1 heterocycles. The number of hydrogen-bond donors (Lipinski definition) is 1. The van der Waals surface area contributed by atoms with Crippen molar-refractivity contribution < 1.29 is 27.4 Å². The van der Waals surface area contributed by atoms with E-state index >= 15 is 0 Å². The Labute approximate surface area is 169 Å². The van der Waals surface area contributed by atoms with Crippen LogP contribution in [-0.2, 0) is 15.7 Å². The number of hydrogen-bond acceptors (Lipinski definition) is 4. The van der Waals surface area contributed by atoms with Gasteiger partial charge in [-0.25, -0.2) is 0 Å². The van der Waals surface area contributed by atoms with E-state index in [1.54, 1.807) is 26.8 Å². The first-order valence-electron chi connectivity index (χ1n) is 9.68. The van der Waals surface area contributed by atoms with Crippen LogP contribution in [0.1, 0.15) is 49.6 Å². The van der Waals surface area contributed by atoms with E-state index in [0.29, 0.717) is 18.7 Å². The van der Waals surface area contributed by atoms with Crippen molar-refractivity contribution in [1.29, 1.82) is 0 Å². The molecular formula is C22H26F3NO3. The molecule has 3 rings (SSSR count). The summed E-state index contributed by atoms with van der Waals surface area (Å²) in [5.74, 6) is 0.169. The predicted molar refractivity (Wildman–Crippen MR) is 104 cm³/mol. The second-order valence-corrected chi connectivity index (χ2v) is 7.32. The van der Waals surface area contributed by atoms with Gasteiger partial charge in [0.05, 0.1) is 30.4 Å². The molecule has 1 aliphatic rings. The fourth-order valence-corrected chi connectivity index (χ4v) is 3.28. The van der Waals surface area contributed by atoms with Gasteiger partial charge in [-0.3, -0.25) is 0 Å². The SMILES string of the molecule is CC(C)Oc1cc([C@@H](C)O[C@H]2OCCN[C@H]2c2ccccc2)cc(C(F)(F)F)c1. The molecule has 1 fully saturated rings. The molecule has 158 valence electrons. The first kappa shape index (κ1) is 21.6. The van der Waals surface area contributed by atoms with Crippen LogP contribution in [0.15, 0.2) is 48.5 Å². The van der Waals surface area contributed by atoms with Crippen molar-refractivity contribution in [2.75, 3.05) is 13.2 Å². The molecule has 4 nitrogen and oxygen atoms in total. The molecule has 0 amide bonds. The zero-order valence-corrected chi connectivity index (χ0v) is 16.7. The molecule has 0 aromatic heterocycles. The highest BCUT2D eigenvalue weighted by atomic mass is 19.4. The normalized spacial score (nSPS) is 21.2. The van der Waals surface area contributed by atoms with Crippen molar-refractivity contribution in [3.05, 3.63) is 65.2 Å². The highest BCUT2D eigenvalue weighted by molar-refractivity contribution is 5.37. The predicted octanol–water partition coefficient (Wildman–Crippen LogP) is 5.26. The zero-order chi connectivity index (χ0) is 21.0. The summed E-state index contributed by atoms with van der Waals surface area (Å²) in [7, 11) is 0. The molecule has 0 radical (unpaired) electrons. The van der Waals surface area contributed by atoms with E-state index in [9.17, 15) is 13.2 Å². The zero-order valence-electron chi connectivity index (χ0n) is 16.7. The summed E-state index contributed by atoms with van der Waals surface area (Å²) < 4.78 is 57.5. The average molecular weight is 409 g/mol. The van der Waals surface area contributed by atoms with Crippen molar-refractivity contribution in [2.24, 2.45) is 0 Å². The molecule has 2 aromatic rings. The molecule has 0 saturated carbocycles. The van der Waals surface area contributed by atoms with Gasteiger partial charge in [0.2, 0.25) is 0 Å². The lowest BCUT2D eigenvalue weighted by Gasteiger charge is -2.34. The summed E-state index contributed by atoms with van der Waals surface area (Å²) in [5, 5.41) is 3.36. The third-order valence-electron chi connectivity index (χ3n) is 4.61. The van der Waals surface area contributed by atoms with Crippen LogP contribution in [0.2, 0.25) is 0 Å². The van der Waals surface area contributed by atoms with Gasteiger partial charge in [0.25, 0.3) is 0 Å². The van der Waals surface area contributed by atoms with Crippen LogP contribution in [-0.4, -0.2) is 25.5 Å². The second kappa shape index (κ2) is 9.15.